The largest absolute Gasteiger partial charge is 0.207 e. The summed E-state index contributed by atoms with van der Waals surface area (Å²) in [7, 11) is 0. The summed E-state index contributed by atoms with van der Waals surface area (Å²) in [6.07, 6.45) is 1.98. The molecule has 0 fully saturated rings. The maximum Gasteiger partial charge on any atom is 0.124 e. The molecule has 0 saturated heterocycles. The summed E-state index contributed by atoms with van der Waals surface area (Å²) in [5.41, 5.74) is 4.37. The second-order valence-corrected chi connectivity index (χ2v) is 5.61. The number of alkyl halides is 1. The number of aryl methyl sites for hydroxylation is 2. The van der Waals surface area contributed by atoms with Crippen LogP contribution in [0.4, 0.5) is 4.39 Å². The third-order valence-electron chi connectivity index (χ3n) is 3.52. The monoisotopic (exact) mass is 310 g/mol. The van der Waals surface area contributed by atoms with Gasteiger partial charge >= 0.3 is 0 Å². The smallest absolute Gasteiger partial charge is 0.124 e. The molecule has 1 atom stereocenters. The van der Waals surface area contributed by atoms with Crippen LogP contribution < -0.4 is 0 Å². The van der Waals surface area contributed by atoms with E-state index in [1.807, 2.05) is 6.07 Å². The SMILES string of the molecule is CCc1ccc(C(Cl)c2ccc(F)cc2Cl)cc1CC. The Morgan fingerprint density at radius 2 is 1.70 bits per heavy atom. The first-order chi connectivity index (χ1) is 9.56. The number of benzene rings is 2. The van der Waals surface area contributed by atoms with E-state index in [1.54, 1.807) is 6.07 Å². The summed E-state index contributed by atoms with van der Waals surface area (Å²) in [5.74, 6) is -0.349. The lowest BCUT2D eigenvalue weighted by Crippen LogP contribution is -1.99. The van der Waals surface area contributed by atoms with Gasteiger partial charge in [0.15, 0.2) is 0 Å². The molecule has 3 heteroatoms. The van der Waals surface area contributed by atoms with E-state index in [9.17, 15) is 4.39 Å². The van der Waals surface area contributed by atoms with Crippen molar-refractivity contribution in [1.29, 1.82) is 0 Å². The maximum atomic E-state index is 13.1. The van der Waals surface area contributed by atoms with Gasteiger partial charge in [-0.05, 0) is 47.2 Å². The van der Waals surface area contributed by atoms with Crippen LogP contribution in [0, 0.1) is 5.82 Å². The first-order valence-electron chi connectivity index (χ1n) is 6.77. The highest BCUT2D eigenvalue weighted by Crippen LogP contribution is 2.34. The lowest BCUT2D eigenvalue weighted by atomic mass is 9.96. The van der Waals surface area contributed by atoms with Crippen LogP contribution in [-0.4, -0.2) is 0 Å². The van der Waals surface area contributed by atoms with Gasteiger partial charge in [-0.2, -0.15) is 0 Å². The summed E-state index contributed by atoms with van der Waals surface area (Å²) < 4.78 is 13.1. The molecule has 2 aromatic rings. The number of hydrogen-bond acceptors (Lipinski definition) is 0. The molecule has 0 radical (unpaired) electrons. The Labute approximate surface area is 129 Å². The molecule has 2 rings (SSSR count). The molecule has 0 amide bonds. The molecule has 1 unspecified atom stereocenters. The van der Waals surface area contributed by atoms with E-state index in [1.165, 1.54) is 23.3 Å². The Kier molecular flexibility index (Phi) is 5.06. The second-order valence-electron chi connectivity index (χ2n) is 4.76. The van der Waals surface area contributed by atoms with Crippen molar-refractivity contribution in [2.24, 2.45) is 0 Å². The molecule has 0 aliphatic heterocycles. The minimum Gasteiger partial charge on any atom is -0.207 e. The Balaban J connectivity index is 2.40. The van der Waals surface area contributed by atoms with E-state index in [0.717, 1.165) is 24.0 Å². The fourth-order valence-electron chi connectivity index (χ4n) is 2.36. The quantitative estimate of drug-likeness (QED) is 0.614. The van der Waals surface area contributed by atoms with Gasteiger partial charge in [-0.3, -0.25) is 0 Å². The fourth-order valence-corrected chi connectivity index (χ4v) is 3.02. The molecule has 0 N–H and O–H groups in total. The van der Waals surface area contributed by atoms with Gasteiger partial charge in [0.25, 0.3) is 0 Å². The van der Waals surface area contributed by atoms with Crippen molar-refractivity contribution < 1.29 is 4.39 Å². The van der Waals surface area contributed by atoms with Crippen molar-refractivity contribution in [1.82, 2.24) is 0 Å². The Morgan fingerprint density at radius 1 is 1.00 bits per heavy atom. The number of hydrogen-bond donors (Lipinski definition) is 0. The standard InChI is InChI=1S/C17H17Cl2F/c1-3-11-5-6-13(9-12(11)4-2)17(19)15-8-7-14(20)10-16(15)18/h5-10,17H,3-4H2,1-2H3. The third kappa shape index (κ3) is 3.16. The van der Waals surface area contributed by atoms with Crippen molar-refractivity contribution in [3.8, 4) is 0 Å². The summed E-state index contributed by atoms with van der Waals surface area (Å²) in [5, 5.41) is 0.00178. The Bertz CT molecular complexity index is 608. The van der Waals surface area contributed by atoms with E-state index in [2.05, 4.69) is 26.0 Å². The van der Waals surface area contributed by atoms with Gasteiger partial charge in [-0.25, -0.2) is 4.39 Å². The molecule has 0 saturated carbocycles. The van der Waals surface area contributed by atoms with Crippen LogP contribution >= 0.6 is 23.2 Å². The third-order valence-corrected chi connectivity index (χ3v) is 4.33. The number of rotatable bonds is 4. The van der Waals surface area contributed by atoms with E-state index in [-0.39, 0.29) is 11.2 Å². The highest BCUT2D eigenvalue weighted by molar-refractivity contribution is 6.33. The molecule has 0 spiro atoms. The van der Waals surface area contributed by atoms with Gasteiger partial charge in [0.1, 0.15) is 5.82 Å². The van der Waals surface area contributed by atoms with Crippen molar-refractivity contribution in [2.75, 3.05) is 0 Å². The highest BCUT2D eigenvalue weighted by atomic mass is 35.5. The predicted octanol–water partition coefficient (Wildman–Crippen LogP) is 5.93. The molecule has 0 nitrogen and oxygen atoms in total. The molecule has 0 bridgehead atoms. The maximum absolute atomic E-state index is 13.1. The molecule has 2 aromatic carbocycles. The zero-order valence-electron chi connectivity index (χ0n) is 11.6. The molecule has 106 valence electrons. The highest BCUT2D eigenvalue weighted by Gasteiger charge is 2.15. The molecular weight excluding hydrogens is 294 g/mol. The van der Waals surface area contributed by atoms with Crippen LogP contribution in [0.5, 0.6) is 0 Å². The number of halogens is 3. The molecule has 0 aliphatic carbocycles. The minimum absolute atomic E-state index is 0.349. The van der Waals surface area contributed by atoms with Gasteiger partial charge in [-0.15, -0.1) is 11.6 Å². The van der Waals surface area contributed by atoms with Crippen LogP contribution in [0.3, 0.4) is 0 Å². The van der Waals surface area contributed by atoms with Crippen LogP contribution in [0.2, 0.25) is 5.02 Å². The average molecular weight is 311 g/mol. The Morgan fingerprint density at radius 3 is 2.30 bits per heavy atom. The van der Waals surface area contributed by atoms with Gasteiger partial charge in [0.05, 0.1) is 5.38 Å². The normalized spacial score (nSPS) is 12.4. The zero-order chi connectivity index (χ0) is 14.7. The lowest BCUT2D eigenvalue weighted by molar-refractivity contribution is 0.627. The van der Waals surface area contributed by atoms with E-state index < -0.39 is 0 Å². The van der Waals surface area contributed by atoms with Gasteiger partial charge in [0, 0.05) is 5.02 Å². The molecule has 0 aromatic heterocycles. The Hall–Kier alpha value is -1.05. The van der Waals surface area contributed by atoms with Crippen molar-refractivity contribution >= 4 is 23.2 Å². The summed E-state index contributed by atoms with van der Waals surface area (Å²) >= 11 is 12.6. The van der Waals surface area contributed by atoms with Crippen LogP contribution in [-0.2, 0) is 12.8 Å². The predicted molar refractivity (Wildman–Crippen MR) is 84.3 cm³/mol. The van der Waals surface area contributed by atoms with Crippen molar-refractivity contribution in [2.45, 2.75) is 32.1 Å². The first kappa shape index (κ1) is 15.3. The zero-order valence-corrected chi connectivity index (χ0v) is 13.1. The summed E-state index contributed by atoms with van der Waals surface area (Å²) in [6.45, 7) is 4.27. The lowest BCUT2D eigenvalue weighted by Gasteiger charge is -2.15. The van der Waals surface area contributed by atoms with Gasteiger partial charge in [0.2, 0.25) is 0 Å². The fraction of sp³-hybridized carbons (Fsp3) is 0.294. The van der Waals surface area contributed by atoms with Crippen molar-refractivity contribution in [3.63, 3.8) is 0 Å². The second kappa shape index (κ2) is 6.60. The topological polar surface area (TPSA) is 0 Å². The average Bonchev–Trinajstić information content (AvgIpc) is 2.45. The van der Waals surface area contributed by atoms with E-state index in [4.69, 9.17) is 23.2 Å². The molecule has 0 aliphatic rings. The van der Waals surface area contributed by atoms with Crippen LogP contribution in [0.15, 0.2) is 36.4 Å². The van der Waals surface area contributed by atoms with Gasteiger partial charge in [-0.1, -0.05) is 49.7 Å². The van der Waals surface area contributed by atoms with Gasteiger partial charge < -0.3 is 0 Å². The summed E-state index contributed by atoms with van der Waals surface area (Å²) in [6, 6.07) is 10.6. The molecule has 20 heavy (non-hydrogen) atoms. The van der Waals surface area contributed by atoms with E-state index >= 15 is 0 Å². The summed E-state index contributed by atoms with van der Waals surface area (Å²) in [4.78, 5) is 0. The minimum atomic E-state index is -0.362. The van der Waals surface area contributed by atoms with Crippen molar-refractivity contribution in [3.05, 3.63) is 69.5 Å². The molecular formula is C17H17Cl2F. The van der Waals surface area contributed by atoms with Crippen LogP contribution in [0.1, 0.15) is 41.5 Å². The van der Waals surface area contributed by atoms with E-state index in [0.29, 0.717) is 5.02 Å². The first-order valence-corrected chi connectivity index (χ1v) is 7.59. The van der Waals surface area contributed by atoms with Crippen LogP contribution in [0.25, 0.3) is 0 Å². The molecule has 0 heterocycles.